The molecule has 1 heterocycles. The molecule has 1 aromatic heterocycles. The fourth-order valence-electron chi connectivity index (χ4n) is 1.92. The molecule has 0 saturated heterocycles. The van der Waals surface area contributed by atoms with E-state index in [1.807, 2.05) is 54.6 Å². The fraction of sp³-hybridized carbons (Fsp3) is 0.0667. The summed E-state index contributed by atoms with van der Waals surface area (Å²) in [6.07, 6.45) is 0. The topological polar surface area (TPSA) is 68.0 Å². The fourth-order valence-corrected chi connectivity index (χ4v) is 2.79. The zero-order chi connectivity index (χ0) is 13.9. The molecular formula is C15H13N3OS. The third kappa shape index (κ3) is 2.54. The van der Waals surface area contributed by atoms with Gasteiger partial charge in [0, 0.05) is 0 Å². The monoisotopic (exact) mass is 283 g/mol. The molecule has 5 heteroatoms. The molecule has 0 aliphatic heterocycles. The summed E-state index contributed by atoms with van der Waals surface area (Å²) in [5.41, 5.74) is 7.60. The Kier molecular flexibility index (Phi) is 3.45. The molecule has 1 atom stereocenters. The van der Waals surface area contributed by atoms with Gasteiger partial charge in [0.1, 0.15) is 6.04 Å². The van der Waals surface area contributed by atoms with Crippen LogP contribution >= 0.6 is 11.3 Å². The van der Waals surface area contributed by atoms with E-state index in [9.17, 15) is 4.79 Å². The first-order valence-electron chi connectivity index (χ1n) is 6.21. The van der Waals surface area contributed by atoms with Crippen molar-refractivity contribution in [3.05, 3.63) is 60.2 Å². The largest absolute Gasteiger partial charge is 0.316 e. The van der Waals surface area contributed by atoms with Crippen LogP contribution in [0, 0.1) is 0 Å². The summed E-state index contributed by atoms with van der Waals surface area (Å²) in [4.78, 5) is 16.5. The van der Waals surface area contributed by atoms with Crippen molar-refractivity contribution in [3.8, 4) is 0 Å². The van der Waals surface area contributed by atoms with Gasteiger partial charge in [0.05, 0.1) is 10.2 Å². The minimum atomic E-state index is -0.691. The second-order valence-corrected chi connectivity index (χ2v) is 5.39. The molecular weight excluding hydrogens is 270 g/mol. The molecule has 0 aliphatic rings. The van der Waals surface area contributed by atoms with Crippen molar-refractivity contribution in [1.82, 2.24) is 4.98 Å². The lowest BCUT2D eigenvalue weighted by Crippen LogP contribution is -2.27. The SMILES string of the molecule is NC(C(=O)Nc1nc2ccccc2s1)c1ccccc1. The predicted molar refractivity (Wildman–Crippen MR) is 81.6 cm³/mol. The molecule has 1 unspecified atom stereocenters. The van der Waals surface area contributed by atoms with E-state index in [1.54, 1.807) is 0 Å². The molecule has 0 spiro atoms. The molecule has 100 valence electrons. The van der Waals surface area contributed by atoms with Crippen molar-refractivity contribution in [3.63, 3.8) is 0 Å². The number of nitrogens with one attached hydrogen (secondary N) is 1. The van der Waals surface area contributed by atoms with Gasteiger partial charge in [-0.15, -0.1) is 0 Å². The van der Waals surface area contributed by atoms with Gasteiger partial charge >= 0.3 is 0 Å². The summed E-state index contributed by atoms with van der Waals surface area (Å²) in [6, 6.07) is 16.3. The molecule has 0 radical (unpaired) electrons. The van der Waals surface area contributed by atoms with E-state index in [0.717, 1.165) is 15.8 Å². The average Bonchev–Trinajstić information content (AvgIpc) is 2.89. The van der Waals surface area contributed by atoms with Crippen molar-refractivity contribution in [2.75, 3.05) is 5.32 Å². The number of thiazole rings is 1. The summed E-state index contributed by atoms with van der Waals surface area (Å²) >= 11 is 1.44. The molecule has 3 aromatic rings. The highest BCUT2D eigenvalue weighted by Gasteiger charge is 2.17. The van der Waals surface area contributed by atoms with Gasteiger partial charge in [-0.25, -0.2) is 4.98 Å². The highest BCUT2D eigenvalue weighted by molar-refractivity contribution is 7.22. The molecule has 2 aromatic carbocycles. The molecule has 3 rings (SSSR count). The Morgan fingerprint density at radius 2 is 1.80 bits per heavy atom. The maximum Gasteiger partial charge on any atom is 0.247 e. The van der Waals surface area contributed by atoms with E-state index in [4.69, 9.17) is 5.73 Å². The van der Waals surface area contributed by atoms with E-state index in [0.29, 0.717) is 5.13 Å². The van der Waals surface area contributed by atoms with Gasteiger partial charge < -0.3 is 11.1 Å². The molecule has 3 N–H and O–H groups in total. The Balaban J connectivity index is 1.78. The van der Waals surface area contributed by atoms with Gasteiger partial charge in [-0.05, 0) is 17.7 Å². The van der Waals surface area contributed by atoms with Crippen molar-refractivity contribution in [2.24, 2.45) is 5.73 Å². The normalized spacial score (nSPS) is 12.2. The lowest BCUT2D eigenvalue weighted by molar-refractivity contribution is -0.117. The van der Waals surface area contributed by atoms with Crippen molar-refractivity contribution < 1.29 is 4.79 Å². The minimum Gasteiger partial charge on any atom is -0.316 e. The van der Waals surface area contributed by atoms with Gasteiger partial charge in [-0.2, -0.15) is 0 Å². The van der Waals surface area contributed by atoms with E-state index in [1.165, 1.54) is 11.3 Å². The highest BCUT2D eigenvalue weighted by Crippen LogP contribution is 2.26. The maximum atomic E-state index is 12.1. The highest BCUT2D eigenvalue weighted by atomic mass is 32.1. The average molecular weight is 283 g/mol. The number of nitrogens with two attached hydrogens (primary N) is 1. The second-order valence-electron chi connectivity index (χ2n) is 4.36. The van der Waals surface area contributed by atoms with Gasteiger partial charge in [-0.1, -0.05) is 53.8 Å². The number of hydrogen-bond acceptors (Lipinski definition) is 4. The van der Waals surface area contributed by atoms with Crippen molar-refractivity contribution in [2.45, 2.75) is 6.04 Å². The number of aromatic nitrogens is 1. The number of anilines is 1. The van der Waals surface area contributed by atoms with Gasteiger partial charge in [0.15, 0.2) is 5.13 Å². The van der Waals surface area contributed by atoms with Crippen LogP contribution in [0.2, 0.25) is 0 Å². The molecule has 0 bridgehead atoms. The van der Waals surface area contributed by atoms with Gasteiger partial charge in [-0.3, -0.25) is 4.79 Å². The number of carbonyl (C=O) groups excluding carboxylic acids is 1. The number of nitrogens with zero attached hydrogens (tertiary/aromatic N) is 1. The minimum absolute atomic E-state index is 0.254. The quantitative estimate of drug-likeness (QED) is 0.776. The van der Waals surface area contributed by atoms with Crippen LogP contribution < -0.4 is 11.1 Å². The number of carbonyl (C=O) groups is 1. The first-order chi connectivity index (χ1) is 9.74. The Hall–Kier alpha value is -2.24. The van der Waals surface area contributed by atoms with E-state index < -0.39 is 6.04 Å². The van der Waals surface area contributed by atoms with Crippen LogP contribution in [-0.2, 0) is 4.79 Å². The molecule has 0 aliphatic carbocycles. The summed E-state index contributed by atoms with van der Waals surface area (Å²) < 4.78 is 1.04. The standard InChI is InChI=1S/C15H13N3OS/c16-13(10-6-2-1-3-7-10)14(19)18-15-17-11-8-4-5-9-12(11)20-15/h1-9,13H,16H2,(H,17,18,19). The summed E-state index contributed by atoms with van der Waals surface area (Å²) in [5.74, 6) is -0.254. The van der Waals surface area contributed by atoms with Gasteiger partial charge in [0.2, 0.25) is 5.91 Å². The lowest BCUT2D eigenvalue weighted by Gasteiger charge is -2.10. The van der Waals surface area contributed by atoms with Crippen LogP contribution in [0.15, 0.2) is 54.6 Å². The Bertz CT molecular complexity index is 706. The van der Waals surface area contributed by atoms with Crippen molar-refractivity contribution in [1.29, 1.82) is 0 Å². The van der Waals surface area contributed by atoms with Crippen LogP contribution in [0.5, 0.6) is 0 Å². The van der Waals surface area contributed by atoms with Crippen LogP contribution in [0.4, 0.5) is 5.13 Å². The van der Waals surface area contributed by atoms with Crippen molar-refractivity contribution >= 4 is 32.6 Å². The molecule has 1 amide bonds. The van der Waals surface area contributed by atoms with Crippen LogP contribution in [-0.4, -0.2) is 10.9 Å². The lowest BCUT2D eigenvalue weighted by atomic mass is 10.1. The number of rotatable bonds is 3. The Labute approximate surface area is 120 Å². The van der Waals surface area contributed by atoms with E-state index >= 15 is 0 Å². The van der Waals surface area contributed by atoms with Crippen LogP contribution in [0.1, 0.15) is 11.6 Å². The third-order valence-electron chi connectivity index (χ3n) is 2.97. The second kappa shape index (κ2) is 5.40. The smallest absolute Gasteiger partial charge is 0.247 e. The summed E-state index contributed by atoms with van der Waals surface area (Å²) in [7, 11) is 0. The molecule has 0 fully saturated rings. The number of amides is 1. The number of benzene rings is 2. The van der Waals surface area contributed by atoms with Crippen LogP contribution in [0.25, 0.3) is 10.2 Å². The Morgan fingerprint density at radius 1 is 1.10 bits per heavy atom. The predicted octanol–water partition coefficient (Wildman–Crippen LogP) is 2.93. The summed E-state index contributed by atoms with van der Waals surface area (Å²) in [6.45, 7) is 0. The maximum absolute atomic E-state index is 12.1. The molecule has 20 heavy (non-hydrogen) atoms. The molecule has 4 nitrogen and oxygen atoms in total. The zero-order valence-corrected chi connectivity index (χ0v) is 11.4. The van der Waals surface area contributed by atoms with E-state index in [-0.39, 0.29) is 5.91 Å². The van der Waals surface area contributed by atoms with Crippen LogP contribution in [0.3, 0.4) is 0 Å². The summed E-state index contributed by atoms with van der Waals surface area (Å²) in [5, 5.41) is 3.34. The number of para-hydroxylation sites is 1. The number of hydrogen-bond donors (Lipinski definition) is 2. The third-order valence-corrected chi connectivity index (χ3v) is 3.92. The Morgan fingerprint density at radius 3 is 2.55 bits per heavy atom. The molecule has 0 saturated carbocycles. The first-order valence-corrected chi connectivity index (χ1v) is 7.02. The zero-order valence-electron chi connectivity index (χ0n) is 10.6. The van der Waals surface area contributed by atoms with Gasteiger partial charge in [0.25, 0.3) is 0 Å². The first kappa shape index (κ1) is 12.8. The van der Waals surface area contributed by atoms with E-state index in [2.05, 4.69) is 10.3 Å². The number of fused-ring (bicyclic) bond motifs is 1.